The molecular weight excluding hydrogens is 322 g/mol. The largest absolute Gasteiger partial charge is 0.496 e. The molecule has 122 valence electrons. The second-order valence-corrected chi connectivity index (χ2v) is 4.82. The number of nitrogens with two attached hydrogens (primary N) is 1. The molecule has 0 aliphatic rings. The average molecular weight is 339 g/mol. The highest BCUT2D eigenvalue weighted by molar-refractivity contribution is 6.29. The number of aromatic amines is 1. The Morgan fingerprint density at radius 2 is 2.13 bits per heavy atom. The van der Waals surface area contributed by atoms with Crippen LogP contribution in [0.3, 0.4) is 0 Å². The number of nitrogen functional groups attached to an aromatic ring is 1. The van der Waals surface area contributed by atoms with E-state index in [9.17, 15) is 4.79 Å². The van der Waals surface area contributed by atoms with E-state index in [0.29, 0.717) is 22.8 Å². The number of anilines is 1. The minimum absolute atomic E-state index is 0.148. The molecular formula is C15H17ClN3O4+. The molecule has 0 bridgehead atoms. The molecule has 1 aromatic heterocycles. The van der Waals surface area contributed by atoms with Gasteiger partial charge in [-0.2, -0.15) is 0 Å². The SMILES string of the molecule is CCOC(=O)COc1cccc(OC)c1-c1cc(Cl)nc(N)[nH+]1. The van der Waals surface area contributed by atoms with Gasteiger partial charge in [0.25, 0.3) is 0 Å². The molecule has 0 unspecified atom stereocenters. The van der Waals surface area contributed by atoms with Gasteiger partial charge < -0.3 is 14.2 Å². The summed E-state index contributed by atoms with van der Waals surface area (Å²) in [6.45, 7) is 1.80. The Hall–Kier alpha value is -2.54. The fraction of sp³-hybridized carbons (Fsp3) is 0.267. The summed E-state index contributed by atoms with van der Waals surface area (Å²) in [7, 11) is 1.53. The Kier molecular flexibility index (Phi) is 5.59. The highest BCUT2D eigenvalue weighted by Gasteiger charge is 2.19. The van der Waals surface area contributed by atoms with Crippen molar-refractivity contribution < 1.29 is 24.0 Å². The van der Waals surface area contributed by atoms with Gasteiger partial charge in [-0.1, -0.05) is 11.1 Å². The predicted octanol–water partition coefficient (Wildman–Crippen LogP) is 1.75. The zero-order valence-electron chi connectivity index (χ0n) is 12.8. The molecule has 0 aliphatic heterocycles. The summed E-state index contributed by atoms with van der Waals surface area (Å²) >= 11 is 5.95. The van der Waals surface area contributed by atoms with Crippen molar-refractivity contribution in [3.05, 3.63) is 29.4 Å². The molecule has 1 aromatic carbocycles. The van der Waals surface area contributed by atoms with Crippen molar-refractivity contribution in [3.63, 3.8) is 0 Å². The van der Waals surface area contributed by atoms with E-state index in [-0.39, 0.29) is 24.3 Å². The summed E-state index contributed by atoms with van der Waals surface area (Å²) < 4.78 is 15.8. The Morgan fingerprint density at radius 1 is 1.39 bits per heavy atom. The number of carbonyl (C=O) groups is 1. The van der Waals surface area contributed by atoms with Gasteiger partial charge >= 0.3 is 11.9 Å². The monoisotopic (exact) mass is 338 g/mol. The number of H-pyrrole nitrogens is 1. The van der Waals surface area contributed by atoms with E-state index < -0.39 is 5.97 Å². The van der Waals surface area contributed by atoms with E-state index in [4.69, 9.17) is 31.5 Å². The third kappa shape index (κ3) is 4.23. The molecule has 0 radical (unpaired) electrons. The van der Waals surface area contributed by atoms with Crippen LogP contribution >= 0.6 is 11.6 Å². The van der Waals surface area contributed by atoms with Gasteiger partial charge in [0.05, 0.1) is 19.3 Å². The summed E-state index contributed by atoms with van der Waals surface area (Å²) in [5.74, 6) is 0.645. The van der Waals surface area contributed by atoms with Crippen LogP contribution in [0.2, 0.25) is 5.15 Å². The Morgan fingerprint density at radius 3 is 2.78 bits per heavy atom. The second-order valence-electron chi connectivity index (χ2n) is 4.43. The Balaban J connectivity index is 2.41. The summed E-state index contributed by atoms with van der Waals surface area (Å²) in [5, 5.41) is 0.221. The van der Waals surface area contributed by atoms with E-state index in [0.717, 1.165) is 0 Å². The number of hydrogen-bond donors (Lipinski definition) is 1. The van der Waals surface area contributed by atoms with Gasteiger partial charge in [0, 0.05) is 6.07 Å². The number of aromatic nitrogens is 2. The van der Waals surface area contributed by atoms with E-state index >= 15 is 0 Å². The summed E-state index contributed by atoms with van der Waals surface area (Å²) in [6.07, 6.45) is 0. The molecule has 0 fully saturated rings. The number of benzene rings is 1. The van der Waals surface area contributed by atoms with Gasteiger partial charge in [0.2, 0.25) is 5.15 Å². The fourth-order valence-electron chi connectivity index (χ4n) is 2.01. The van der Waals surface area contributed by atoms with Crippen molar-refractivity contribution in [1.29, 1.82) is 0 Å². The summed E-state index contributed by atoms with van der Waals surface area (Å²) in [6, 6.07) is 6.79. The van der Waals surface area contributed by atoms with Crippen LogP contribution in [0.4, 0.5) is 5.95 Å². The van der Waals surface area contributed by atoms with Crippen molar-refractivity contribution in [2.75, 3.05) is 26.1 Å². The lowest BCUT2D eigenvalue weighted by Gasteiger charge is -2.13. The maximum Gasteiger partial charge on any atom is 0.388 e. The zero-order chi connectivity index (χ0) is 16.8. The van der Waals surface area contributed by atoms with Gasteiger partial charge in [-0.05, 0) is 30.7 Å². The predicted molar refractivity (Wildman–Crippen MR) is 84.3 cm³/mol. The van der Waals surface area contributed by atoms with Gasteiger partial charge in [-0.25, -0.2) is 9.78 Å². The van der Waals surface area contributed by atoms with Crippen molar-refractivity contribution in [3.8, 4) is 22.8 Å². The van der Waals surface area contributed by atoms with Crippen LogP contribution in [0.5, 0.6) is 11.5 Å². The van der Waals surface area contributed by atoms with E-state index in [1.54, 1.807) is 31.2 Å². The molecule has 1 heterocycles. The highest BCUT2D eigenvalue weighted by Crippen LogP contribution is 2.37. The van der Waals surface area contributed by atoms with Gasteiger partial charge in [0.1, 0.15) is 17.2 Å². The first-order valence-corrected chi connectivity index (χ1v) is 7.24. The molecule has 8 heteroatoms. The Bertz CT molecular complexity index is 689. The normalized spacial score (nSPS) is 10.2. The second kappa shape index (κ2) is 7.64. The van der Waals surface area contributed by atoms with Crippen LogP contribution in [0, 0.1) is 0 Å². The first-order valence-electron chi connectivity index (χ1n) is 6.86. The number of rotatable bonds is 6. The minimum atomic E-state index is -0.461. The number of ether oxygens (including phenoxy) is 3. The number of hydrogen-bond acceptors (Lipinski definition) is 6. The lowest BCUT2D eigenvalue weighted by atomic mass is 10.1. The zero-order valence-corrected chi connectivity index (χ0v) is 13.5. The first-order chi connectivity index (χ1) is 11.0. The molecule has 2 aromatic rings. The standard InChI is InChI=1S/C15H16ClN3O4/c1-3-22-13(20)8-23-11-6-4-5-10(21-2)14(11)9-7-12(16)19-15(17)18-9/h4-7H,3,8H2,1-2H3,(H2,17,18,19)/p+1. The smallest absolute Gasteiger partial charge is 0.388 e. The number of methoxy groups -OCH3 is 1. The first kappa shape index (κ1) is 16.8. The molecule has 0 amide bonds. The van der Waals surface area contributed by atoms with Crippen molar-refractivity contribution in [2.24, 2.45) is 0 Å². The number of halogens is 1. The van der Waals surface area contributed by atoms with Crippen LogP contribution < -0.4 is 20.2 Å². The van der Waals surface area contributed by atoms with Gasteiger partial charge in [-0.3, -0.25) is 5.73 Å². The highest BCUT2D eigenvalue weighted by atomic mass is 35.5. The fourth-order valence-corrected chi connectivity index (χ4v) is 2.21. The maximum absolute atomic E-state index is 11.5. The molecule has 0 saturated carbocycles. The number of carbonyl (C=O) groups excluding carboxylic acids is 1. The number of nitrogens with one attached hydrogen (secondary N) is 1. The maximum atomic E-state index is 11.5. The minimum Gasteiger partial charge on any atom is -0.496 e. The van der Waals surface area contributed by atoms with Crippen LogP contribution in [-0.4, -0.2) is 31.3 Å². The molecule has 0 spiro atoms. The molecule has 0 atom stereocenters. The van der Waals surface area contributed by atoms with Gasteiger partial charge in [0.15, 0.2) is 6.61 Å². The molecule has 0 saturated heterocycles. The van der Waals surface area contributed by atoms with Crippen molar-refractivity contribution >= 4 is 23.5 Å². The van der Waals surface area contributed by atoms with Crippen molar-refractivity contribution in [1.82, 2.24) is 4.98 Å². The van der Waals surface area contributed by atoms with Crippen LogP contribution in [0.25, 0.3) is 11.3 Å². The van der Waals surface area contributed by atoms with Gasteiger partial charge in [-0.15, -0.1) is 0 Å². The number of esters is 1. The van der Waals surface area contributed by atoms with Crippen molar-refractivity contribution in [2.45, 2.75) is 6.92 Å². The number of nitrogens with zero attached hydrogens (tertiary/aromatic N) is 1. The molecule has 2 rings (SSSR count). The lowest BCUT2D eigenvalue weighted by Crippen LogP contribution is -2.18. The summed E-state index contributed by atoms with van der Waals surface area (Å²) in [5.41, 5.74) is 6.83. The average Bonchev–Trinajstić information content (AvgIpc) is 2.51. The van der Waals surface area contributed by atoms with E-state index in [2.05, 4.69) is 9.97 Å². The quantitative estimate of drug-likeness (QED) is 0.636. The third-order valence-electron chi connectivity index (χ3n) is 2.88. The van der Waals surface area contributed by atoms with Crippen LogP contribution in [0.1, 0.15) is 6.92 Å². The molecule has 7 nitrogen and oxygen atoms in total. The summed E-state index contributed by atoms with van der Waals surface area (Å²) in [4.78, 5) is 18.3. The molecule has 23 heavy (non-hydrogen) atoms. The molecule has 3 N–H and O–H groups in total. The topological polar surface area (TPSA) is 97.8 Å². The van der Waals surface area contributed by atoms with Crippen LogP contribution in [0.15, 0.2) is 24.3 Å². The molecule has 0 aliphatic carbocycles. The lowest BCUT2D eigenvalue weighted by molar-refractivity contribution is -0.351. The third-order valence-corrected chi connectivity index (χ3v) is 3.08. The van der Waals surface area contributed by atoms with E-state index in [1.165, 1.54) is 7.11 Å². The Labute approximate surface area is 138 Å². The van der Waals surface area contributed by atoms with Crippen LogP contribution in [-0.2, 0) is 9.53 Å². The van der Waals surface area contributed by atoms with E-state index in [1.807, 2.05) is 0 Å².